The number of Topliss-reactive ketones (excluding diaryl/α,β-unsaturated/α-hetero) is 1. The van der Waals surface area contributed by atoms with E-state index in [0.717, 1.165) is 11.8 Å². The van der Waals surface area contributed by atoms with Crippen LogP contribution in [0.1, 0.15) is 20.8 Å². The summed E-state index contributed by atoms with van der Waals surface area (Å²) in [7, 11) is 0. The number of hydrogen-bond acceptors (Lipinski definition) is 2. The van der Waals surface area contributed by atoms with Gasteiger partial charge in [-0.2, -0.15) is 13.2 Å². The van der Waals surface area contributed by atoms with E-state index in [0.29, 0.717) is 4.90 Å². The molecule has 0 unspecified atom stereocenters. The highest BCUT2D eigenvalue weighted by Crippen LogP contribution is 2.35. The topological polar surface area (TPSA) is 17.1 Å². The van der Waals surface area contributed by atoms with Crippen LogP contribution in [0.2, 0.25) is 0 Å². The molecule has 1 nitrogen and oxygen atoms in total. The van der Waals surface area contributed by atoms with Gasteiger partial charge in [-0.05, 0) is 17.5 Å². The maximum Gasteiger partial charge on any atom is 0.455 e. The van der Waals surface area contributed by atoms with Gasteiger partial charge in [-0.1, -0.05) is 56.8 Å². The third kappa shape index (κ3) is 5.51. The van der Waals surface area contributed by atoms with Gasteiger partial charge in [-0.25, -0.2) is 0 Å². The Kier molecular flexibility index (Phi) is 4.85. The van der Waals surface area contributed by atoms with Crippen LogP contribution in [0, 0.1) is 5.41 Å². The van der Waals surface area contributed by atoms with E-state index in [1.54, 1.807) is 51.1 Å². The smallest absolute Gasteiger partial charge is 0.283 e. The van der Waals surface area contributed by atoms with E-state index >= 15 is 0 Å². The molecule has 0 aliphatic heterocycles. The summed E-state index contributed by atoms with van der Waals surface area (Å²) in [6.07, 6.45) is -3.49. The second kappa shape index (κ2) is 5.82. The van der Waals surface area contributed by atoms with Crippen molar-refractivity contribution in [3.63, 3.8) is 0 Å². The molecule has 0 saturated carbocycles. The molecule has 104 valence electrons. The van der Waals surface area contributed by atoms with E-state index in [1.807, 2.05) is 0 Å². The molecule has 0 N–H and O–H groups in total. The van der Waals surface area contributed by atoms with Crippen molar-refractivity contribution in [2.45, 2.75) is 31.8 Å². The summed E-state index contributed by atoms with van der Waals surface area (Å²) in [5.74, 6) is -1.80. The lowest BCUT2D eigenvalue weighted by molar-refractivity contribution is -0.165. The summed E-state index contributed by atoms with van der Waals surface area (Å²) in [6.45, 7) is 5.26. The maximum absolute atomic E-state index is 12.6. The number of halogens is 3. The van der Waals surface area contributed by atoms with Gasteiger partial charge in [-0.15, -0.1) is 0 Å². The molecule has 1 rings (SSSR count). The van der Waals surface area contributed by atoms with E-state index in [-0.39, 0.29) is 4.91 Å². The van der Waals surface area contributed by atoms with Gasteiger partial charge >= 0.3 is 6.18 Å². The Labute approximate surface area is 114 Å². The van der Waals surface area contributed by atoms with Crippen molar-refractivity contribution >= 4 is 17.5 Å². The molecule has 0 spiro atoms. The summed E-state index contributed by atoms with van der Waals surface area (Å²) in [5.41, 5.74) is -0.502. The third-order valence-electron chi connectivity index (χ3n) is 2.02. The average molecular weight is 288 g/mol. The molecule has 0 heterocycles. The number of alkyl halides is 3. The summed E-state index contributed by atoms with van der Waals surface area (Å²) < 4.78 is 37.7. The molecule has 0 radical (unpaired) electrons. The van der Waals surface area contributed by atoms with Gasteiger partial charge in [0.05, 0.1) is 4.91 Å². The molecule has 0 fully saturated rings. The molecule has 0 bridgehead atoms. The van der Waals surface area contributed by atoms with Gasteiger partial charge < -0.3 is 0 Å². The Morgan fingerprint density at radius 2 is 1.63 bits per heavy atom. The third-order valence-corrected chi connectivity index (χ3v) is 3.05. The SMILES string of the molecule is CC(C)(C)/C=C(\Sc1ccccc1)C(=O)C(F)(F)F. The first kappa shape index (κ1) is 15.8. The minimum Gasteiger partial charge on any atom is -0.283 e. The van der Waals surface area contributed by atoms with Crippen LogP contribution in [0.15, 0.2) is 46.2 Å². The van der Waals surface area contributed by atoms with Crippen LogP contribution in [0.4, 0.5) is 13.2 Å². The van der Waals surface area contributed by atoms with Crippen molar-refractivity contribution in [1.82, 2.24) is 0 Å². The van der Waals surface area contributed by atoms with Crippen LogP contribution in [0.3, 0.4) is 0 Å². The lowest BCUT2D eigenvalue weighted by Gasteiger charge is -2.16. The Morgan fingerprint density at radius 1 is 1.11 bits per heavy atom. The van der Waals surface area contributed by atoms with E-state index in [4.69, 9.17) is 0 Å². The largest absolute Gasteiger partial charge is 0.455 e. The first-order valence-corrected chi connectivity index (χ1v) is 6.48. The monoisotopic (exact) mass is 288 g/mol. The minimum absolute atomic E-state index is 0.286. The summed E-state index contributed by atoms with van der Waals surface area (Å²) in [4.78, 5) is 11.8. The Balaban J connectivity index is 3.08. The van der Waals surface area contributed by atoms with Gasteiger partial charge in [0, 0.05) is 4.90 Å². The maximum atomic E-state index is 12.6. The molecule has 1 aromatic carbocycles. The van der Waals surface area contributed by atoms with Gasteiger partial charge in [0.15, 0.2) is 0 Å². The van der Waals surface area contributed by atoms with E-state index in [9.17, 15) is 18.0 Å². The number of allylic oxidation sites excluding steroid dienone is 2. The summed E-state index contributed by atoms with van der Waals surface area (Å²) in [6, 6.07) is 8.54. The first-order valence-electron chi connectivity index (χ1n) is 5.67. The van der Waals surface area contributed by atoms with Gasteiger partial charge in [0.2, 0.25) is 0 Å². The van der Waals surface area contributed by atoms with Crippen molar-refractivity contribution in [3.05, 3.63) is 41.3 Å². The zero-order valence-corrected chi connectivity index (χ0v) is 11.7. The lowest BCUT2D eigenvalue weighted by atomic mass is 9.96. The summed E-state index contributed by atoms with van der Waals surface area (Å²) >= 11 is 0.842. The van der Waals surface area contributed by atoms with E-state index in [2.05, 4.69) is 0 Å². The zero-order chi connectivity index (χ0) is 14.7. The number of carbonyl (C=O) groups is 1. The summed E-state index contributed by atoms with van der Waals surface area (Å²) in [5, 5.41) is 0. The second-order valence-electron chi connectivity index (χ2n) is 5.12. The van der Waals surface area contributed by atoms with Crippen LogP contribution in [0.5, 0.6) is 0 Å². The highest BCUT2D eigenvalue weighted by molar-refractivity contribution is 8.04. The normalized spacial score (nSPS) is 13.5. The molecule has 0 amide bonds. The van der Waals surface area contributed by atoms with E-state index < -0.39 is 17.4 Å². The molecule has 0 aliphatic carbocycles. The number of carbonyl (C=O) groups excluding carboxylic acids is 1. The molecule has 1 aromatic rings. The molecule has 0 atom stereocenters. The van der Waals surface area contributed by atoms with Gasteiger partial charge in [0.25, 0.3) is 5.78 Å². The highest BCUT2D eigenvalue weighted by atomic mass is 32.2. The molecular formula is C14H15F3OS. The van der Waals surface area contributed by atoms with Crippen LogP contribution in [-0.2, 0) is 4.79 Å². The quantitative estimate of drug-likeness (QED) is 0.585. The van der Waals surface area contributed by atoms with Crippen LogP contribution < -0.4 is 0 Å². The Hall–Kier alpha value is -1.23. The van der Waals surface area contributed by atoms with Crippen LogP contribution in [0.25, 0.3) is 0 Å². The number of hydrogen-bond donors (Lipinski definition) is 0. The standard InChI is InChI=1S/C14H15F3OS/c1-13(2,3)9-11(12(18)14(15,16)17)19-10-7-5-4-6-8-10/h4-9H,1-3H3/b11-9-. The van der Waals surface area contributed by atoms with Crippen molar-refractivity contribution in [2.24, 2.45) is 5.41 Å². The molecule has 0 saturated heterocycles. The molecular weight excluding hydrogens is 273 g/mol. The number of thioether (sulfide) groups is 1. The second-order valence-corrected chi connectivity index (χ2v) is 6.23. The Bertz CT molecular complexity index is 470. The molecule has 19 heavy (non-hydrogen) atoms. The zero-order valence-electron chi connectivity index (χ0n) is 10.9. The minimum atomic E-state index is -4.85. The molecule has 0 aromatic heterocycles. The lowest BCUT2D eigenvalue weighted by Crippen LogP contribution is -2.24. The predicted molar refractivity (Wildman–Crippen MR) is 70.9 cm³/mol. The van der Waals surface area contributed by atoms with Crippen LogP contribution in [-0.4, -0.2) is 12.0 Å². The van der Waals surface area contributed by atoms with Crippen molar-refractivity contribution in [3.8, 4) is 0 Å². The molecule has 0 aliphatic rings. The number of benzene rings is 1. The average Bonchev–Trinajstić information content (AvgIpc) is 2.25. The predicted octanol–water partition coefficient (Wildman–Crippen LogP) is 4.84. The number of ketones is 1. The number of rotatable bonds is 3. The Morgan fingerprint density at radius 3 is 2.05 bits per heavy atom. The van der Waals surface area contributed by atoms with Gasteiger partial charge in [0.1, 0.15) is 0 Å². The fraction of sp³-hybridized carbons (Fsp3) is 0.357. The fourth-order valence-corrected chi connectivity index (χ4v) is 2.46. The fourth-order valence-electron chi connectivity index (χ4n) is 1.29. The van der Waals surface area contributed by atoms with Crippen LogP contribution >= 0.6 is 11.8 Å². The highest BCUT2D eigenvalue weighted by Gasteiger charge is 2.41. The van der Waals surface area contributed by atoms with Gasteiger partial charge in [-0.3, -0.25) is 4.79 Å². The van der Waals surface area contributed by atoms with Crippen molar-refractivity contribution < 1.29 is 18.0 Å². The van der Waals surface area contributed by atoms with E-state index in [1.165, 1.54) is 6.08 Å². The first-order chi connectivity index (χ1) is 8.59. The van der Waals surface area contributed by atoms with Crippen molar-refractivity contribution in [2.75, 3.05) is 0 Å². The van der Waals surface area contributed by atoms with Crippen molar-refractivity contribution in [1.29, 1.82) is 0 Å². The molecule has 5 heteroatoms.